The smallest absolute Gasteiger partial charge is 0.306 e. The summed E-state index contributed by atoms with van der Waals surface area (Å²) >= 11 is 4.21. The van der Waals surface area contributed by atoms with Crippen LogP contribution in [0.5, 0.6) is 0 Å². The second kappa shape index (κ2) is 6.62. The molecule has 102 valence electrons. The first-order valence-corrected chi connectivity index (χ1v) is 7.99. The number of sulfonamides is 1. The number of hydrogen-bond acceptors (Lipinski definition) is 5. The van der Waals surface area contributed by atoms with Gasteiger partial charge in [-0.1, -0.05) is 0 Å². The van der Waals surface area contributed by atoms with Gasteiger partial charge in [-0.3, -0.25) is 4.79 Å². The van der Waals surface area contributed by atoms with Gasteiger partial charge in [-0.2, -0.15) is 0 Å². The third-order valence-corrected chi connectivity index (χ3v) is 6.16. The third kappa shape index (κ3) is 4.32. The quantitative estimate of drug-likeness (QED) is 0.766. The number of methoxy groups -OCH3 is 1. The molecular weight excluding hydrogens is 346 g/mol. The van der Waals surface area contributed by atoms with Crippen LogP contribution in [-0.4, -0.2) is 39.3 Å². The Morgan fingerprint density at radius 2 is 2.33 bits per heavy atom. The molecule has 9 heteroatoms. The Hall–Kier alpha value is -0.480. The molecule has 2 N–H and O–H groups in total. The number of ether oxygens (including phenoxy) is 1. The monoisotopic (exact) mass is 357 g/mol. The number of carboxylic acid groups (broad SMARTS) is 1. The van der Waals surface area contributed by atoms with Crippen molar-refractivity contribution < 1.29 is 23.1 Å². The summed E-state index contributed by atoms with van der Waals surface area (Å²) < 4.78 is 31.6. The molecule has 0 aromatic carbocycles. The molecule has 0 saturated heterocycles. The van der Waals surface area contributed by atoms with Crippen LogP contribution in [0.15, 0.2) is 20.1 Å². The number of aliphatic carboxylic acids is 1. The number of carboxylic acids is 1. The first kappa shape index (κ1) is 15.6. The summed E-state index contributed by atoms with van der Waals surface area (Å²) in [5.41, 5.74) is 0. The first-order chi connectivity index (χ1) is 8.36. The van der Waals surface area contributed by atoms with E-state index in [0.29, 0.717) is 4.47 Å². The number of halogens is 1. The average molecular weight is 358 g/mol. The highest BCUT2D eigenvalue weighted by atomic mass is 79.9. The van der Waals surface area contributed by atoms with E-state index in [4.69, 9.17) is 9.84 Å². The van der Waals surface area contributed by atoms with Crippen molar-refractivity contribution in [1.82, 2.24) is 4.72 Å². The van der Waals surface area contributed by atoms with Crippen molar-refractivity contribution in [2.45, 2.75) is 16.7 Å². The van der Waals surface area contributed by atoms with Crippen LogP contribution in [-0.2, 0) is 19.6 Å². The van der Waals surface area contributed by atoms with Gasteiger partial charge in [-0.25, -0.2) is 13.1 Å². The van der Waals surface area contributed by atoms with Gasteiger partial charge in [0.05, 0.1) is 12.5 Å². The second-order valence-corrected chi connectivity index (χ2v) is 7.10. The normalized spacial score (nSPS) is 13.4. The molecule has 1 unspecified atom stereocenters. The maximum Gasteiger partial charge on any atom is 0.306 e. The van der Waals surface area contributed by atoms with Crippen molar-refractivity contribution in [1.29, 1.82) is 0 Å². The highest BCUT2D eigenvalue weighted by Crippen LogP contribution is 2.27. The molecule has 0 aliphatic carbocycles. The lowest BCUT2D eigenvalue weighted by Crippen LogP contribution is -2.34. The van der Waals surface area contributed by atoms with E-state index in [0.717, 1.165) is 11.3 Å². The van der Waals surface area contributed by atoms with E-state index in [2.05, 4.69) is 20.7 Å². The van der Waals surface area contributed by atoms with E-state index < -0.39 is 22.1 Å². The van der Waals surface area contributed by atoms with Gasteiger partial charge in [0.25, 0.3) is 10.0 Å². The van der Waals surface area contributed by atoms with Crippen LogP contribution in [0.2, 0.25) is 0 Å². The zero-order chi connectivity index (χ0) is 13.8. The summed E-state index contributed by atoms with van der Waals surface area (Å²) in [6.45, 7) is -0.0878. The molecule has 1 atom stereocenters. The molecular formula is C9H12BrNO5S2. The van der Waals surface area contributed by atoms with Gasteiger partial charge in [-0.05, 0) is 27.4 Å². The van der Waals surface area contributed by atoms with E-state index in [1.54, 1.807) is 11.4 Å². The fourth-order valence-corrected chi connectivity index (χ4v) is 4.62. The van der Waals surface area contributed by atoms with Crippen LogP contribution in [0.3, 0.4) is 0 Å². The zero-order valence-corrected chi connectivity index (χ0v) is 12.6. The van der Waals surface area contributed by atoms with Crippen LogP contribution >= 0.6 is 27.3 Å². The third-order valence-electron chi connectivity index (χ3n) is 2.07. The number of rotatable bonds is 7. The number of nitrogens with one attached hydrogen (secondary N) is 1. The molecule has 1 aromatic heterocycles. The second-order valence-electron chi connectivity index (χ2n) is 3.36. The molecule has 1 aromatic rings. The van der Waals surface area contributed by atoms with Crippen molar-refractivity contribution >= 4 is 43.3 Å². The Kier molecular flexibility index (Phi) is 5.73. The maximum atomic E-state index is 11.9. The van der Waals surface area contributed by atoms with Crippen molar-refractivity contribution in [3.8, 4) is 0 Å². The Labute approximate surface area is 117 Å². The summed E-state index contributed by atoms with van der Waals surface area (Å²) in [4.78, 5) is 10.5. The summed E-state index contributed by atoms with van der Waals surface area (Å²) in [6, 6.07) is 1.63. The topological polar surface area (TPSA) is 92.7 Å². The molecule has 0 bridgehead atoms. The summed E-state index contributed by atoms with van der Waals surface area (Å²) in [6.07, 6.45) is -0.957. The molecule has 6 nitrogen and oxygen atoms in total. The van der Waals surface area contributed by atoms with Crippen molar-refractivity contribution in [3.63, 3.8) is 0 Å². The standard InChI is InChI=1S/C9H12BrNO5S2/c1-16-6(4-8(12)13)5-11-18(14,15)9-7(10)2-3-17-9/h2-3,6,11H,4-5H2,1H3,(H,12,13). The van der Waals surface area contributed by atoms with Crippen LogP contribution in [0.1, 0.15) is 6.42 Å². The average Bonchev–Trinajstić information content (AvgIpc) is 2.71. The molecule has 0 radical (unpaired) electrons. The minimum absolute atomic E-state index is 0.0878. The summed E-state index contributed by atoms with van der Waals surface area (Å²) in [7, 11) is -2.30. The molecule has 18 heavy (non-hydrogen) atoms. The van der Waals surface area contributed by atoms with Crippen LogP contribution in [0.4, 0.5) is 0 Å². The van der Waals surface area contributed by atoms with Crippen LogP contribution in [0.25, 0.3) is 0 Å². The lowest BCUT2D eigenvalue weighted by molar-refractivity contribution is -0.139. The Morgan fingerprint density at radius 1 is 1.67 bits per heavy atom. The largest absolute Gasteiger partial charge is 0.481 e. The highest BCUT2D eigenvalue weighted by Gasteiger charge is 2.21. The molecule has 1 rings (SSSR count). The molecule has 0 fully saturated rings. The van der Waals surface area contributed by atoms with Crippen molar-refractivity contribution in [2.75, 3.05) is 13.7 Å². The van der Waals surface area contributed by atoms with E-state index >= 15 is 0 Å². The molecule has 1 heterocycles. The highest BCUT2D eigenvalue weighted by molar-refractivity contribution is 9.10. The summed E-state index contributed by atoms with van der Waals surface area (Å²) in [5, 5.41) is 10.3. The lowest BCUT2D eigenvalue weighted by Gasteiger charge is -2.13. The van der Waals surface area contributed by atoms with E-state index in [1.807, 2.05) is 0 Å². The minimum Gasteiger partial charge on any atom is -0.481 e. The van der Waals surface area contributed by atoms with Gasteiger partial charge in [0.1, 0.15) is 4.21 Å². The Bertz CT molecular complexity index is 513. The predicted octanol–water partition coefficient (Wildman–Crippen LogP) is 1.28. The van der Waals surface area contributed by atoms with Crippen molar-refractivity contribution in [2.24, 2.45) is 0 Å². The number of thiophene rings is 1. The Morgan fingerprint density at radius 3 is 2.78 bits per heavy atom. The Balaban J connectivity index is 2.67. The number of carbonyl (C=O) groups is 1. The molecule has 0 aliphatic heterocycles. The minimum atomic E-state index is -3.64. The van der Waals surface area contributed by atoms with E-state index in [1.165, 1.54) is 7.11 Å². The van der Waals surface area contributed by atoms with Gasteiger partial charge < -0.3 is 9.84 Å². The zero-order valence-electron chi connectivity index (χ0n) is 9.42. The molecule has 0 saturated carbocycles. The van der Waals surface area contributed by atoms with E-state index in [9.17, 15) is 13.2 Å². The molecule has 0 aliphatic rings. The first-order valence-electron chi connectivity index (χ1n) is 4.84. The van der Waals surface area contributed by atoms with E-state index in [-0.39, 0.29) is 17.2 Å². The van der Waals surface area contributed by atoms with Gasteiger partial charge in [0, 0.05) is 18.1 Å². The maximum absolute atomic E-state index is 11.9. The predicted molar refractivity (Wildman–Crippen MR) is 70.3 cm³/mol. The molecule has 0 amide bonds. The van der Waals surface area contributed by atoms with Crippen LogP contribution < -0.4 is 4.72 Å². The van der Waals surface area contributed by atoms with Crippen molar-refractivity contribution in [3.05, 3.63) is 15.9 Å². The number of hydrogen-bond donors (Lipinski definition) is 2. The SMILES string of the molecule is COC(CNS(=O)(=O)c1sccc1Br)CC(=O)O. The van der Waals surface area contributed by atoms with Gasteiger partial charge in [0.2, 0.25) is 0 Å². The fourth-order valence-electron chi connectivity index (χ4n) is 1.17. The molecule has 0 spiro atoms. The van der Waals surface area contributed by atoms with Crippen LogP contribution in [0, 0.1) is 0 Å². The fraction of sp³-hybridized carbons (Fsp3) is 0.444. The summed E-state index contributed by atoms with van der Waals surface area (Å²) in [5.74, 6) is -1.04. The van der Waals surface area contributed by atoms with Gasteiger partial charge in [-0.15, -0.1) is 11.3 Å². The lowest BCUT2D eigenvalue weighted by atomic mass is 10.2. The van der Waals surface area contributed by atoms with Gasteiger partial charge in [0.15, 0.2) is 0 Å². The van der Waals surface area contributed by atoms with Gasteiger partial charge >= 0.3 is 5.97 Å².